The smallest absolute Gasteiger partial charge is 0.112 e. The number of hydrogen-bond donors (Lipinski definition) is 1. The Morgan fingerprint density at radius 1 is 1.17 bits per heavy atom. The lowest BCUT2D eigenvalue weighted by molar-refractivity contribution is 0.0698. The third kappa shape index (κ3) is 2.96. The minimum Gasteiger partial charge on any atom is -0.381 e. The molecule has 0 spiro atoms. The number of benzene rings is 1. The normalized spacial score (nSPS) is 23.0. The Bertz CT molecular complexity index is 679. The van der Waals surface area contributed by atoms with Gasteiger partial charge in [-0.1, -0.05) is 56.7 Å². The van der Waals surface area contributed by atoms with E-state index >= 15 is 0 Å². The molecule has 0 radical (unpaired) electrons. The average Bonchev–Trinajstić information content (AvgIpc) is 2.81. The predicted octanol–water partition coefficient (Wildman–Crippen LogP) is 4.75. The topological polar surface area (TPSA) is 33.1 Å². The summed E-state index contributed by atoms with van der Waals surface area (Å²) in [4.78, 5) is 4.38. The standard InChI is InChI=1S/C21H25NO/c1-3-4-10-18-16(2)21(23,20-12-6-5-11-19(18)20)14-13-17-9-7-8-15-22-17/h5-9,11-12,15,18,23H,2-4,10,13-14H2,1H3. The lowest BCUT2D eigenvalue weighted by atomic mass is 9.85. The number of rotatable bonds is 6. The lowest BCUT2D eigenvalue weighted by Gasteiger charge is -2.27. The molecule has 2 atom stereocenters. The van der Waals surface area contributed by atoms with E-state index in [4.69, 9.17) is 0 Å². The number of aliphatic hydroxyl groups is 1. The molecule has 1 aliphatic rings. The summed E-state index contributed by atoms with van der Waals surface area (Å²) in [5.41, 5.74) is 3.36. The zero-order chi connectivity index (χ0) is 16.3. The van der Waals surface area contributed by atoms with E-state index in [0.29, 0.717) is 6.42 Å². The van der Waals surface area contributed by atoms with Crippen molar-refractivity contribution in [1.29, 1.82) is 0 Å². The fourth-order valence-electron chi connectivity index (χ4n) is 3.71. The first-order valence-corrected chi connectivity index (χ1v) is 8.57. The quantitative estimate of drug-likeness (QED) is 0.782. The number of nitrogens with zero attached hydrogens (tertiary/aromatic N) is 1. The van der Waals surface area contributed by atoms with Gasteiger partial charge in [0, 0.05) is 17.8 Å². The van der Waals surface area contributed by atoms with Crippen LogP contribution < -0.4 is 0 Å². The molecule has 120 valence electrons. The molecule has 1 aliphatic carbocycles. The van der Waals surface area contributed by atoms with Crippen molar-refractivity contribution in [2.24, 2.45) is 0 Å². The van der Waals surface area contributed by atoms with Gasteiger partial charge in [-0.05, 0) is 48.1 Å². The second-order valence-corrected chi connectivity index (χ2v) is 6.49. The van der Waals surface area contributed by atoms with Gasteiger partial charge in [-0.15, -0.1) is 0 Å². The van der Waals surface area contributed by atoms with Crippen molar-refractivity contribution in [2.75, 3.05) is 0 Å². The summed E-state index contributed by atoms with van der Waals surface area (Å²) in [6.07, 6.45) is 6.60. The third-order valence-corrected chi connectivity index (χ3v) is 5.05. The number of aromatic nitrogens is 1. The molecule has 0 saturated heterocycles. The van der Waals surface area contributed by atoms with Crippen molar-refractivity contribution in [1.82, 2.24) is 4.98 Å². The highest BCUT2D eigenvalue weighted by molar-refractivity contribution is 5.52. The number of pyridine rings is 1. The Balaban J connectivity index is 1.87. The van der Waals surface area contributed by atoms with Crippen LogP contribution in [0.4, 0.5) is 0 Å². The fraction of sp³-hybridized carbons (Fsp3) is 0.381. The van der Waals surface area contributed by atoms with Gasteiger partial charge in [0.15, 0.2) is 0 Å². The molecule has 2 heteroatoms. The van der Waals surface area contributed by atoms with Crippen molar-refractivity contribution in [3.05, 3.63) is 77.6 Å². The molecule has 2 aromatic rings. The zero-order valence-corrected chi connectivity index (χ0v) is 13.8. The SMILES string of the molecule is C=C1C(CCCC)c2ccccc2C1(O)CCc1ccccn1. The summed E-state index contributed by atoms with van der Waals surface area (Å²) in [5.74, 6) is 0.278. The van der Waals surface area contributed by atoms with Crippen molar-refractivity contribution < 1.29 is 5.11 Å². The van der Waals surface area contributed by atoms with Crippen LogP contribution in [0.3, 0.4) is 0 Å². The van der Waals surface area contributed by atoms with Crippen LogP contribution in [0.25, 0.3) is 0 Å². The maximum absolute atomic E-state index is 11.4. The van der Waals surface area contributed by atoms with Crippen molar-refractivity contribution in [3.63, 3.8) is 0 Å². The van der Waals surface area contributed by atoms with Crippen LogP contribution in [-0.2, 0) is 12.0 Å². The van der Waals surface area contributed by atoms with Crippen LogP contribution in [0.5, 0.6) is 0 Å². The molecule has 1 aromatic heterocycles. The Kier molecular flexibility index (Phi) is 4.63. The van der Waals surface area contributed by atoms with Crippen LogP contribution in [0.15, 0.2) is 60.8 Å². The molecule has 0 fully saturated rings. The number of aryl methyl sites for hydroxylation is 1. The molecular formula is C21H25NO. The second kappa shape index (κ2) is 6.67. The van der Waals surface area contributed by atoms with E-state index in [1.54, 1.807) is 6.20 Å². The van der Waals surface area contributed by atoms with Gasteiger partial charge in [0.1, 0.15) is 5.60 Å². The molecule has 3 rings (SSSR count). The summed E-state index contributed by atoms with van der Waals surface area (Å²) in [6.45, 7) is 6.50. The average molecular weight is 307 g/mol. The Morgan fingerprint density at radius 3 is 2.70 bits per heavy atom. The van der Waals surface area contributed by atoms with E-state index in [1.807, 2.05) is 24.3 Å². The highest BCUT2D eigenvalue weighted by atomic mass is 16.3. The summed E-state index contributed by atoms with van der Waals surface area (Å²) in [7, 11) is 0. The van der Waals surface area contributed by atoms with Gasteiger partial charge in [-0.3, -0.25) is 4.98 Å². The summed E-state index contributed by atoms with van der Waals surface area (Å²) < 4.78 is 0. The van der Waals surface area contributed by atoms with Crippen molar-refractivity contribution in [2.45, 2.75) is 50.5 Å². The second-order valence-electron chi connectivity index (χ2n) is 6.49. The van der Waals surface area contributed by atoms with Gasteiger partial charge >= 0.3 is 0 Å². The lowest BCUT2D eigenvalue weighted by Crippen LogP contribution is -2.26. The van der Waals surface area contributed by atoms with E-state index in [-0.39, 0.29) is 5.92 Å². The van der Waals surface area contributed by atoms with E-state index in [9.17, 15) is 5.11 Å². The highest BCUT2D eigenvalue weighted by Gasteiger charge is 2.44. The first-order chi connectivity index (χ1) is 11.2. The highest BCUT2D eigenvalue weighted by Crippen LogP contribution is 2.51. The van der Waals surface area contributed by atoms with Crippen LogP contribution in [-0.4, -0.2) is 10.1 Å². The monoisotopic (exact) mass is 307 g/mol. The first kappa shape index (κ1) is 15.9. The molecule has 1 N–H and O–H groups in total. The number of fused-ring (bicyclic) bond motifs is 1. The Labute approximate surface area is 138 Å². The summed E-state index contributed by atoms with van der Waals surface area (Å²) in [6, 6.07) is 14.2. The van der Waals surface area contributed by atoms with Gasteiger partial charge in [-0.25, -0.2) is 0 Å². The Morgan fingerprint density at radius 2 is 1.96 bits per heavy atom. The van der Waals surface area contributed by atoms with Gasteiger partial charge < -0.3 is 5.11 Å². The van der Waals surface area contributed by atoms with Crippen molar-refractivity contribution in [3.8, 4) is 0 Å². The number of unbranched alkanes of at least 4 members (excludes halogenated alkanes) is 1. The van der Waals surface area contributed by atoms with E-state index < -0.39 is 5.60 Å². The largest absolute Gasteiger partial charge is 0.381 e. The molecule has 0 bridgehead atoms. The zero-order valence-electron chi connectivity index (χ0n) is 13.8. The van der Waals surface area contributed by atoms with E-state index in [2.05, 4.69) is 36.7 Å². The fourth-order valence-corrected chi connectivity index (χ4v) is 3.71. The molecular weight excluding hydrogens is 282 g/mol. The molecule has 2 unspecified atom stereocenters. The van der Waals surface area contributed by atoms with Crippen LogP contribution in [0.2, 0.25) is 0 Å². The van der Waals surface area contributed by atoms with E-state index in [0.717, 1.165) is 42.5 Å². The minimum absolute atomic E-state index is 0.278. The van der Waals surface area contributed by atoms with Gasteiger partial charge in [0.2, 0.25) is 0 Å². The molecule has 0 saturated carbocycles. The molecule has 23 heavy (non-hydrogen) atoms. The minimum atomic E-state index is -0.924. The van der Waals surface area contributed by atoms with Gasteiger partial charge in [0.05, 0.1) is 0 Å². The Hall–Kier alpha value is -1.93. The van der Waals surface area contributed by atoms with Crippen molar-refractivity contribution >= 4 is 0 Å². The summed E-state index contributed by atoms with van der Waals surface area (Å²) in [5, 5.41) is 11.4. The molecule has 1 heterocycles. The third-order valence-electron chi connectivity index (χ3n) is 5.05. The molecule has 0 amide bonds. The maximum atomic E-state index is 11.4. The molecule has 1 aromatic carbocycles. The number of hydrogen-bond acceptors (Lipinski definition) is 2. The van der Waals surface area contributed by atoms with Gasteiger partial charge in [0.25, 0.3) is 0 Å². The molecule has 0 aliphatic heterocycles. The molecule has 2 nitrogen and oxygen atoms in total. The van der Waals surface area contributed by atoms with Crippen LogP contribution in [0, 0.1) is 0 Å². The van der Waals surface area contributed by atoms with Gasteiger partial charge in [-0.2, -0.15) is 0 Å². The van der Waals surface area contributed by atoms with Crippen LogP contribution >= 0.6 is 0 Å². The maximum Gasteiger partial charge on any atom is 0.112 e. The predicted molar refractivity (Wildman–Crippen MR) is 94.3 cm³/mol. The first-order valence-electron chi connectivity index (χ1n) is 8.57. The van der Waals surface area contributed by atoms with E-state index in [1.165, 1.54) is 5.56 Å². The van der Waals surface area contributed by atoms with Crippen LogP contribution in [0.1, 0.15) is 55.3 Å². The summed E-state index contributed by atoms with van der Waals surface area (Å²) >= 11 is 0.